The largest absolute Gasteiger partial charge is 0.478 e. The van der Waals surface area contributed by atoms with E-state index in [0.717, 1.165) is 75.1 Å². The fourth-order valence-corrected chi connectivity index (χ4v) is 5.11. The molecule has 27 heavy (non-hydrogen) atoms. The summed E-state index contributed by atoms with van der Waals surface area (Å²) in [5.41, 5.74) is 1.32. The van der Waals surface area contributed by atoms with E-state index in [0.29, 0.717) is 5.57 Å². The number of hydrogen-bond donors (Lipinski definition) is 1. The maximum absolute atomic E-state index is 12.0. The number of ether oxygens (including phenoxy) is 2. The molecular formula is C20H32N2O4S. The Kier molecular flexibility index (Phi) is 7.64. The lowest BCUT2D eigenvalue weighted by Gasteiger charge is -2.45. The summed E-state index contributed by atoms with van der Waals surface area (Å²) in [4.78, 5) is 16.7. The summed E-state index contributed by atoms with van der Waals surface area (Å²) >= 11 is 1.64. The molecule has 0 aromatic rings. The molecule has 0 bridgehead atoms. The second-order valence-electron chi connectivity index (χ2n) is 7.30. The monoisotopic (exact) mass is 396 g/mol. The number of carbonyl (C=O) groups is 1. The van der Waals surface area contributed by atoms with Crippen LogP contribution in [0.4, 0.5) is 0 Å². The molecule has 0 aromatic carbocycles. The van der Waals surface area contributed by atoms with Gasteiger partial charge in [-0.25, -0.2) is 4.79 Å². The van der Waals surface area contributed by atoms with Crippen molar-refractivity contribution < 1.29 is 19.4 Å². The SMILES string of the molecule is CCSC1=C(C(=O)O)C(C)=CC(N2CCOCC2)N1CCC1CCCCO1. The summed E-state index contributed by atoms with van der Waals surface area (Å²) in [6.07, 6.45) is 6.93. The molecule has 0 amide bonds. The summed E-state index contributed by atoms with van der Waals surface area (Å²) < 4.78 is 11.5. The number of carboxylic acids is 1. The van der Waals surface area contributed by atoms with Gasteiger partial charge in [0, 0.05) is 26.2 Å². The zero-order chi connectivity index (χ0) is 19.2. The van der Waals surface area contributed by atoms with E-state index in [2.05, 4.69) is 22.8 Å². The van der Waals surface area contributed by atoms with Crippen LogP contribution in [-0.2, 0) is 14.3 Å². The molecule has 0 spiro atoms. The first kappa shape index (κ1) is 20.7. The first-order valence-corrected chi connectivity index (χ1v) is 11.1. The normalized spacial score (nSPS) is 27.6. The molecule has 152 valence electrons. The molecule has 1 N–H and O–H groups in total. The number of thioether (sulfide) groups is 1. The van der Waals surface area contributed by atoms with E-state index in [9.17, 15) is 9.90 Å². The quantitative estimate of drug-likeness (QED) is 0.710. The molecule has 0 aliphatic carbocycles. The van der Waals surface area contributed by atoms with Crippen molar-refractivity contribution >= 4 is 17.7 Å². The van der Waals surface area contributed by atoms with Crippen LogP contribution in [0, 0.1) is 0 Å². The van der Waals surface area contributed by atoms with Gasteiger partial charge < -0.3 is 19.5 Å². The van der Waals surface area contributed by atoms with Crippen molar-refractivity contribution in [3.63, 3.8) is 0 Å². The van der Waals surface area contributed by atoms with Crippen LogP contribution in [0.25, 0.3) is 0 Å². The summed E-state index contributed by atoms with van der Waals surface area (Å²) in [7, 11) is 0. The van der Waals surface area contributed by atoms with Crippen LogP contribution in [0.15, 0.2) is 22.3 Å². The second-order valence-corrected chi connectivity index (χ2v) is 8.55. The fraction of sp³-hybridized carbons (Fsp3) is 0.750. The topological polar surface area (TPSA) is 62.2 Å². The zero-order valence-electron chi connectivity index (χ0n) is 16.5. The van der Waals surface area contributed by atoms with E-state index in [4.69, 9.17) is 9.47 Å². The molecule has 3 aliphatic rings. The summed E-state index contributed by atoms with van der Waals surface area (Å²) in [5.74, 6) is 0.0186. The van der Waals surface area contributed by atoms with Crippen molar-refractivity contribution in [3.05, 3.63) is 22.3 Å². The molecule has 0 aromatic heterocycles. The Morgan fingerprint density at radius 2 is 2.07 bits per heavy atom. The van der Waals surface area contributed by atoms with Crippen LogP contribution in [0.2, 0.25) is 0 Å². The van der Waals surface area contributed by atoms with Gasteiger partial charge in [-0.1, -0.05) is 6.92 Å². The molecule has 6 nitrogen and oxygen atoms in total. The Morgan fingerprint density at radius 3 is 2.70 bits per heavy atom. The molecule has 0 saturated carbocycles. The maximum atomic E-state index is 12.0. The Balaban J connectivity index is 1.85. The summed E-state index contributed by atoms with van der Waals surface area (Å²) in [6, 6.07) is 0. The minimum absolute atomic E-state index is 0.0923. The van der Waals surface area contributed by atoms with E-state index in [-0.39, 0.29) is 12.3 Å². The van der Waals surface area contributed by atoms with Crippen LogP contribution in [0.5, 0.6) is 0 Å². The molecule has 2 saturated heterocycles. The number of nitrogens with zero attached hydrogens (tertiary/aromatic N) is 2. The predicted molar refractivity (Wildman–Crippen MR) is 108 cm³/mol. The molecule has 3 rings (SSSR count). The van der Waals surface area contributed by atoms with Crippen molar-refractivity contribution in [2.75, 3.05) is 45.2 Å². The van der Waals surface area contributed by atoms with Gasteiger partial charge in [-0.05, 0) is 50.0 Å². The average molecular weight is 397 g/mol. The molecule has 2 atom stereocenters. The van der Waals surface area contributed by atoms with Crippen LogP contribution < -0.4 is 0 Å². The van der Waals surface area contributed by atoms with Gasteiger partial charge >= 0.3 is 5.97 Å². The predicted octanol–water partition coefficient (Wildman–Crippen LogP) is 2.92. The molecule has 0 radical (unpaired) electrons. The summed E-state index contributed by atoms with van der Waals surface area (Å²) in [5, 5.41) is 10.7. The lowest BCUT2D eigenvalue weighted by atomic mass is 10.0. The van der Waals surface area contributed by atoms with Gasteiger partial charge in [0.15, 0.2) is 0 Å². The molecule has 2 fully saturated rings. The first-order valence-electron chi connectivity index (χ1n) is 10.1. The Bertz CT molecular complexity index is 581. The molecular weight excluding hydrogens is 364 g/mol. The third kappa shape index (κ3) is 5.08. The zero-order valence-corrected chi connectivity index (χ0v) is 17.3. The van der Waals surface area contributed by atoms with Crippen molar-refractivity contribution in [2.45, 2.75) is 51.8 Å². The highest BCUT2D eigenvalue weighted by atomic mass is 32.2. The third-order valence-corrected chi connectivity index (χ3v) is 6.47. The smallest absolute Gasteiger partial charge is 0.338 e. The molecule has 3 aliphatic heterocycles. The number of carboxylic acid groups (broad SMARTS) is 1. The van der Waals surface area contributed by atoms with E-state index in [1.807, 2.05) is 6.92 Å². The Labute approximate surface area is 166 Å². The highest BCUT2D eigenvalue weighted by Gasteiger charge is 2.34. The van der Waals surface area contributed by atoms with E-state index in [1.54, 1.807) is 11.8 Å². The number of hydrogen-bond acceptors (Lipinski definition) is 6. The maximum Gasteiger partial charge on any atom is 0.338 e. The number of aliphatic carboxylic acids is 1. The lowest BCUT2D eigenvalue weighted by Crippen LogP contribution is -2.53. The fourth-order valence-electron chi connectivity index (χ4n) is 4.08. The Hall–Kier alpha value is -1.02. The van der Waals surface area contributed by atoms with Gasteiger partial charge in [0.1, 0.15) is 6.17 Å². The van der Waals surface area contributed by atoms with Crippen LogP contribution in [0.1, 0.15) is 39.5 Å². The van der Waals surface area contributed by atoms with Crippen LogP contribution in [0.3, 0.4) is 0 Å². The third-order valence-electron chi connectivity index (χ3n) is 5.47. The highest BCUT2D eigenvalue weighted by Crippen LogP contribution is 2.36. The minimum Gasteiger partial charge on any atom is -0.478 e. The van der Waals surface area contributed by atoms with Gasteiger partial charge in [-0.3, -0.25) is 4.90 Å². The lowest BCUT2D eigenvalue weighted by molar-refractivity contribution is -0.132. The van der Waals surface area contributed by atoms with Crippen molar-refractivity contribution in [2.24, 2.45) is 0 Å². The average Bonchev–Trinajstić information content (AvgIpc) is 2.68. The standard InChI is InChI=1S/C20H32N2O4S/c1-3-27-19-18(20(23)24)15(2)14-17(21-9-12-25-13-10-21)22(19)8-7-16-6-4-5-11-26-16/h14,16-17H,3-13H2,1-2H3,(H,23,24). The van der Waals surface area contributed by atoms with Gasteiger partial charge in [0.25, 0.3) is 0 Å². The van der Waals surface area contributed by atoms with E-state index < -0.39 is 5.97 Å². The van der Waals surface area contributed by atoms with Gasteiger partial charge in [0.05, 0.1) is 29.9 Å². The minimum atomic E-state index is -0.834. The number of rotatable bonds is 7. The van der Waals surface area contributed by atoms with Crippen molar-refractivity contribution in [3.8, 4) is 0 Å². The Morgan fingerprint density at radius 1 is 1.30 bits per heavy atom. The highest BCUT2D eigenvalue weighted by molar-refractivity contribution is 8.03. The van der Waals surface area contributed by atoms with E-state index in [1.165, 1.54) is 6.42 Å². The second kappa shape index (κ2) is 9.96. The molecule has 7 heteroatoms. The van der Waals surface area contributed by atoms with Crippen LogP contribution in [-0.4, -0.2) is 78.4 Å². The summed E-state index contributed by atoms with van der Waals surface area (Å²) in [6.45, 7) is 8.88. The van der Waals surface area contributed by atoms with Crippen molar-refractivity contribution in [1.82, 2.24) is 9.80 Å². The van der Waals surface area contributed by atoms with Crippen molar-refractivity contribution in [1.29, 1.82) is 0 Å². The molecule has 3 heterocycles. The number of morpholine rings is 1. The van der Waals surface area contributed by atoms with Gasteiger partial charge in [-0.2, -0.15) is 0 Å². The van der Waals surface area contributed by atoms with Gasteiger partial charge in [0.2, 0.25) is 0 Å². The molecule has 2 unspecified atom stereocenters. The first-order chi connectivity index (χ1) is 13.1. The van der Waals surface area contributed by atoms with E-state index >= 15 is 0 Å². The van der Waals surface area contributed by atoms with Crippen LogP contribution >= 0.6 is 11.8 Å². The van der Waals surface area contributed by atoms with Gasteiger partial charge in [-0.15, -0.1) is 11.8 Å².